The van der Waals surface area contributed by atoms with E-state index in [-0.39, 0.29) is 5.56 Å². The number of hydrogen-bond donors (Lipinski definition) is 2. The molecule has 2 N–H and O–H groups in total. The van der Waals surface area contributed by atoms with Crippen LogP contribution in [0.2, 0.25) is 0 Å². The molecule has 10 heteroatoms. The molecule has 3 heterocycles. The number of anilines is 1. The SMILES string of the molecule is Cc1cc(C)n(-c2cnc3c(C)nnc(N[C@H](C)c4cccc(C(F)(F)CO)c4F)c3c2)n1. The van der Waals surface area contributed by atoms with E-state index < -0.39 is 30.0 Å². The summed E-state index contributed by atoms with van der Waals surface area (Å²) in [6, 6.07) is 6.78. The molecule has 0 saturated heterocycles. The number of pyridine rings is 1. The van der Waals surface area contributed by atoms with Gasteiger partial charge in [-0.1, -0.05) is 12.1 Å². The number of hydrogen-bond acceptors (Lipinski definition) is 6. The van der Waals surface area contributed by atoms with Gasteiger partial charge in [-0.25, -0.2) is 9.07 Å². The standard InChI is InChI=1S/C23H23F3N6O/c1-12-8-13(2)32(31-12)16-9-18-21(27-10-16)15(4)29-30-22(18)28-14(3)17-6-5-7-19(20(17)24)23(25,26)11-33/h5-10,14,33H,11H2,1-4H3,(H,28,30)/t14-/m1/s1. The van der Waals surface area contributed by atoms with Crippen molar-refractivity contribution in [1.82, 2.24) is 25.0 Å². The number of aliphatic hydroxyl groups is 1. The third-order valence-corrected chi connectivity index (χ3v) is 5.47. The van der Waals surface area contributed by atoms with Crippen LogP contribution < -0.4 is 5.32 Å². The van der Waals surface area contributed by atoms with Crippen LogP contribution in [0.25, 0.3) is 16.6 Å². The average molecular weight is 456 g/mol. The number of rotatable bonds is 6. The first-order chi connectivity index (χ1) is 15.6. The van der Waals surface area contributed by atoms with Crippen LogP contribution in [0, 0.1) is 26.6 Å². The second-order valence-electron chi connectivity index (χ2n) is 8.00. The minimum atomic E-state index is -3.69. The second-order valence-corrected chi connectivity index (χ2v) is 8.00. The highest BCUT2D eigenvalue weighted by molar-refractivity contribution is 5.91. The van der Waals surface area contributed by atoms with Crippen molar-refractivity contribution < 1.29 is 18.3 Å². The van der Waals surface area contributed by atoms with Crippen molar-refractivity contribution in [3.63, 3.8) is 0 Å². The zero-order valence-electron chi connectivity index (χ0n) is 18.6. The molecule has 0 aliphatic rings. The summed E-state index contributed by atoms with van der Waals surface area (Å²) in [5, 5.41) is 25.5. The lowest BCUT2D eigenvalue weighted by Crippen LogP contribution is -2.22. The van der Waals surface area contributed by atoms with Crippen molar-refractivity contribution in [1.29, 1.82) is 0 Å². The van der Waals surface area contributed by atoms with Gasteiger partial charge in [0, 0.05) is 16.6 Å². The summed E-state index contributed by atoms with van der Waals surface area (Å²) < 4.78 is 44.6. The normalized spacial score (nSPS) is 12.8. The number of nitrogens with one attached hydrogen (secondary N) is 1. The molecule has 1 aromatic carbocycles. The van der Waals surface area contributed by atoms with Crippen molar-refractivity contribution in [2.75, 3.05) is 11.9 Å². The third-order valence-electron chi connectivity index (χ3n) is 5.47. The minimum Gasteiger partial charge on any atom is -0.390 e. The lowest BCUT2D eigenvalue weighted by atomic mass is 10.00. The molecule has 4 aromatic rings. The van der Waals surface area contributed by atoms with Crippen molar-refractivity contribution >= 4 is 16.7 Å². The molecule has 7 nitrogen and oxygen atoms in total. The smallest absolute Gasteiger partial charge is 0.298 e. The van der Waals surface area contributed by atoms with Crippen LogP contribution in [-0.2, 0) is 5.92 Å². The van der Waals surface area contributed by atoms with E-state index >= 15 is 0 Å². The van der Waals surface area contributed by atoms with E-state index in [1.165, 1.54) is 12.1 Å². The van der Waals surface area contributed by atoms with E-state index in [4.69, 9.17) is 5.11 Å². The Bertz CT molecular complexity index is 1340. The predicted octanol–water partition coefficient (Wildman–Crippen LogP) is 4.53. The summed E-state index contributed by atoms with van der Waals surface area (Å²) in [7, 11) is 0. The van der Waals surface area contributed by atoms with E-state index in [1.807, 2.05) is 26.0 Å². The molecule has 4 rings (SSSR count). The molecule has 0 radical (unpaired) electrons. The number of benzene rings is 1. The van der Waals surface area contributed by atoms with Gasteiger partial charge in [0.15, 0.2) is 5.82 Å². The lowest BCUT2D eigenvalue weighted by Gasteiger charge is -2.21. The van der Waals surface area contributed by atoms with Gasteiger partial charge < -0.3 is 10.4 Å². The summed E-state index contributed by atoms with van der Waals surface area (Å²) in [4.78, 5) is 4.52. The Morgan fingerprint density at radius 3 is 2.58 bits per heavy atom. The first-order valence-corrected chi connectivity index (χ1v) is 10.3. The molecule has 0 bridgehead atoms. The van der Waals surface area contributed by atoms with Crippen molar-refractivity contribution in [2.45, 2.75) is 39.7 Å². The minimum absolute atomic E-state index is 0.0128. The maximum absolute atomic E-state index is 14.9. The Morgan fingerprint density at radius 1 is 1.15 bits per heavy atom. The van der Waals surface area contributed by atoms with Gasteiger partial charge in [-0.2, -0.15) is 19.0 Å². The summed E-state index contributed by atoms with van der Waals surface area (Å²) >= 11 is 0. The lowest BCUT2D eigenvalue weighted by molar-refractivity contribution is -0.0583. The fourth-order valence-electron chi connectivity index (χ4n) is 3.80. The number of alkyl halides is 2. The van der Waals surface area contributed by atoms with E-state index in [9.17, 15) is 13.2 Å². The molecule has 0 aliphatic carbocycles. The van der Waals surface area contributed by atoms with Gasteiger partial charge in [0.05, 0.1) is 40.4 Å². The van der Waals surface area contributed by atoms with Gasteiger partial charge >= 0.3 is 0 Å². The molecule has 0 fully saturated rings. The van der Waals surface area contributed by atoms with Crippen LogP contribution >= 0.6 is 0 Å². The monoisotopic (exact) mass is 456 g/mol. The molecule has 0 unspecified atom stereocenters. The van der Waals surface area contributed by atoms with Crippen LogP contribution in [-0.4, -0.2) is 36.7 Å². The molecule has 0 spiro atoms. The van der Waals surface area contributed by atoms with Crippen LogP contribution in [0.1, 0.15) is 41.2 Å². The molecule has 33 heavy (non-hydrogen) atoms. The Kier molecular flexibility index (Phi) is 5.79. The highest BCUT2D eigenvalue weighted by Crippen LogP contribution is 2.34. The van der Waals surface area contributed by atoms with Gasteiger partial charge in [-0.3, -0.25) is 4.98 Å². The van der Waals surface area contributed by atoms with Gasteiger partial charge in [0.25, 0.3) is 5.92 Å². The third kappa shape index (κ3) is 4.13. The Balaban J connectivity index is 1.76. The molecule has 0 saturated carbocycles. The number of aliphatic hydroxyl groups excluding tert-OH is 1. The number of halogens is 3. The topological polar surface area (TPSA) is 88.8 Å². The van der Waals surface area contributed by atoms with E-state index in [1.54, 1.807) is 24.7 Å². The predicted molar refractivity (Wildman–Crippen MR) is 118 cm³/mol. The second kappa shape index (κ2) is 8.43. The van der Waals surface area contributed by atoms with E-state index in [2.05, 4.69) is 25.6 Å². The first-order valence-electron chi connectivity index (χ1n) is 10.3. The molecule has 3 aromatic heterocycles. The Morgan fingerprint density at radius 2 is 1.91 bits per heavy atom. The van der Waals surface area contributed by atoms with Crippen LogP contribution in [0.3, 0.4) is 0 Å². The van der Waals surface area contributed by atoms with Crippen LogP contribution in [0.5, 0.6) is 0 Å². The molecule has 172 valence electrons. The van der Waals surface area contributed by atoms with E-state index in [0.29, 0.717) is 28.1 Å². The van der Waals surface area contributed by atoms with Crippen molar-refractivity contribution in [3.8, 4) is 5.69 Å². The number of aromatic nitrogens is 5. The zero-order valence-corrected chi connectivity index (χ0v) is 18.6. The van der Waals surface area contributed by atoms with Crippen molar-refractivity contribution in [3.05, 3.63) is 70.6 Å². The van der Waals surface area contributed by atoms with Gasteiger partial charge in [0.1, 0.15) is 12.4 Å². The highest BCUT2D eigenvalue weighted by atomic mass is 19.3. The summed E-state index contributed by atoms with van der Waals surface area (Å²) in [6.07, 6.45) is 1.68. The molecule has 0 amide bonds. The Hall–Kier alpha value is -3.53. The average Bonchev–Trinajstić information content (AvgIpc) is 3.13. The largest absolute Gasteiger partial charge is 0.390 e. The molecular formula is C23H23F3N6O. The first kappa shape index (κ1) is 22.7. The van der Waals surface area contributed by atoms with Gasteiger partial charge in [-0.15, -0.1) is 5.10 Å². The number of aryl methyl sites for hydroxylation is 3. The number of nitrogens with zero attached hydrogens (tertiary/aromatic N) is 5. The molecular weight excluding hydrogens is 433 g/mol. The molecule has 1 atom stereocenters. The van der Waals surface area contributed by atoms with E-state index in [0.717, 1.165) is 17.5 Å². The van der Waals surface area contributed by atoms with Crippen molar-refractivity contribution in [2.24, 2.45) is 0 Å². The quantitative estimate of drug-likeness (QED) is 0.443. The summed E-state index contributed by atoms with van der Waals surface area (Å²) in [5.41, 5.74) is 2.87. The zero-order chi connectivity index (χ0) is 23.9. The number of fused-ring (bicyclic) bond motifs is 1. The van der Waals surface area contributed by atoms with Crippen LogP contribution in [0.4, 0.5) is 19.0 Å². The summed E-state index contributed by atoms with van der Waals surface area (Å²) in [5.74, 6) is -4.44. The fraction of sp³-hybridized carbons (Fsp3) is 0.304. The summed E-state index contributed by atoms with van der Waals surface area (Å²) in [6.45, 7) is 5.75. The van der Waals surface area contributed by atoms with Gasteiger partial charge in [0.2, 0.25) is 0 Å². The maximum atomic E-state index is 14.9. The van der Waals surface area contributed by atoms with Crippen LogP contribution in [0.15, 0.2) is 36.5 Å². The Labute approximate surface area is 188 Å². The van der Waals surface area contributed by atoms with Gasteiger partial charge in [-0.05, 0) is 45.9 Å². The fourth-order valence-corrected chi connectivity index (χ4v) is 3.80. The maximum Gasteiger partial charge on any atom is 0.298 e. The molecule has 0 aliphatic heterocycles. The highest BCUT2D eigenvalue weighted by Gasteiger charge is 2.35.